The second-order valence-corrected chi connectivity index (χ2v) is 5.56. The molecule has 132 valence electrons. The zero-order chi connectivity index (χ0) is 18.2. The molecule has 0 aliphatic rings. The van der Waals surface area contributed by atoms with E-state index < -0.39 is 0 Å². The maximum Gasteiger partial charge on any atom is 0.257 e. The number of benzene rings is 1. The van der Waals surface area contributed by atoms with E-state index in [1.807, 2.05) is 37.3 Å². The molecule has 0 aliphatic heterocycles. The predicted molar refractivity (Wildman–Crippen MR) is 101 cm³/mol. The van der Waals surface area contributed by atoms with Crippen molar-refractivity contribution in [2.75, 3.05) is 17.2 Å². The Kier molecular flexibility index (Phi) is 5.77. The second-order valence-electron chi connectivity index (χ2n) is 5.56. The van der Waals surface area contributed by atoms with Crippen LogP contribution < -0.4 is 15.4 Å². The third kappa shape index (κ3) is 4.57. The summed E-state index contributed by atoms with van der Waals surface area (Å²) in [5, 5.41) is 6.12. The van der Waals surface area contributed by atoms with Crippen molar-refractivity contribution in [3.63, 3.8) is 0 Å². The van der Waals surface area contributed by atoms with Gasteiger partial charge >= 0.3 is 0 Å². The van der Waals surface area contributed by atoms with Gasteiger partial charge in [0.05, 0.1) is 23.5 Å². The summed E-state index contributed by atoms with van der Waals surface area (Å²) in [6.45, 7) is 3.04. The summed E-state index contributed by atoms with van der Waals surface area (Å²) in [7, 11) is 0. The number of pyridine rings is 2. The van der Waals surface area contributed by atoms with Crippen molar-refractivity contribution >= 4 is 17.3 Å². The molecule has 0 saturated carbocycles. The maximum atomic E-state index is 12.6. The maximum absolute atomic E-state index is 12.6. The van der Waals surface area contributed by atoms with Gasteiger partial charge in [0.1, 0.15) is 5.75 Å². The molecule has 0 fully saturated rings. The number of ether oxygens (including phenoxy) is 1. The molecule has 0 saturated heterocycles. The Bertz CT molecular complexity index is 868. The van der Waals surface area contributed by atoms with Crippen molar-refractivity contribution in [1.29, 1.82) is 0 Å². The lowest BCUT2D eigenvalue weighted by molar-refractivity contribution is 0.102. The lowest BCUT2D eigenvalue weighted by atomic mass is 10.2. The highest BCUT2D eigenvalue weighted by Gasteiger charge is 2.10. The number of nitrogens with one attached hydrogen (secondary N) is 2. The molecule has 0 aliphatic carbocycles. The van der Waals surface area contributed by atoms with E-state index in [0.29, 0.717) is 30.2 Å². The highest BCUT2D eigenvalue weighted by atomic mass is 16.5. The van der Waals surface area contributed by atoms with Crippen LogP contribution >= 0.6 is 0 Å². The van der Waals surface area contributed by atoms with Gasteiger partial charge < -0.3 is 15.4 Å². The Hall–Kier alpha value is -3.41. The van der Waals surface area contributed by atoms with Crippen LogP contribution in [0.4, 0.5) is 11.4 Å². The normalized spacial score (nSPS) is 10.2. The van der Waals surface area contributed by atoms with Gasteiger partial charge in [0, 0.05) is 31.3 Å². The van der Waals surface area contributed by atoms with E-state index >= 15 is 0 Å². The average molecular weight is 348 g/mol. The van der Waals surface area contributed by atoms with Crippen LogP contribution in [0.25, 0.3) is 0 Å². The number of rotatable bonds is 7. The van der Waals surface area contributed by atoms with E-state index in [0.717, 1.165) is 11.3 Å². The number of hydrogen-bond acceptors (Lipinski definition) is 5. The standard InChI is InChI=1S/C20H20N4O2/c1-2-26-19-8-4-3-7-18(19)24-20(25)16-10-17(14-22-13-16)23-12-15-6-5-9-21-11-15/h3-11,13-14,23H,2,12H2,1H3,(H,24,25). The molecule has 0 atom stereocenters. The fraction of sp³-hybridized carbons (Fsp3) is 0.150. The average Bonchev–Trinajstić information content (AvgIpc) is 2.69. The number of carbonyl (C=O) groups excluding carboxylic acids is 1. The van der Waals surface area contributed by atoms with E-state index in [1.165, 1.54) is 6.20 Å². The van der Waals surface area contributed by atoms with Gasteiger partial charge in [0.25, 0.3) is 5.91 Å². The minimum atomic E-state index is -0.241. The Morgan fingerprint density at radius 2 is 1.96 bits per heavy atom. The summed E-state index contributed by atoms with van der Waals surface area (Å²) in [6, 6.07) is 13.0. The first kappa shape index (κ1) is 17.4. The highest BCUT2D eigenvalue weighted by Crippen LogP contribution is 2.24. The van der Waals surface area contributed by atoms with E-state index in [4.69, 9.17) is 4.74 Å². The summed E-state index contributed by atoms with van der Waals surface area (Å²) in [5.41, 5.74) is 2.91. The van der Waals surface area contributed by atoms with Gasteiger partial charge in [-0.15, -0.1) is 0 Å². The Morgan fingerprint density at radius 1 is 1.08 bits per heavy atom. The van der Waals surface area contributed by atoms with E-state index in [1.54, 1.807) is 30.7 Å². The van der Waals surface area contributed by atoms with Crippen LogP contribution in [0.5, 0.6) is 5.75 Å². The molecule has 1 aromatic carbocycles. The first-order valence-electron chi connectivity index (χ1n) is 8.37. The number of amides is 1. The van der Waals surface area contributed by atoms with Crippen LogP contribution in [-0.2, 0) is 6.54 Å². The molecule has 1 amide bonds. The topological polar surface area (TPSA) is 76.1 Å². The lowest BCUT2D eigenvalue weighted by Gasteiger charge is -2.12. The van der Waals surface area contributed by atoms with E-state index in [9.17, 15) is 4.79 Å². The minimum Gasteiger partial charge on any atom is -0.492 e. The van der Waals surface area contributed by atoms with Crippen LogP contribution in [-0.4, -0.2) is 22.5 Å². The molecular formula is C20H20N4O2. The van der Waals surface area contributed by atoms with Gasteiger partial charge in [-0.25, -0.2) is 0 Å². The number of aromatic nitrogens is 2. The Balaban J connectivity index is 1.68. The molecule has 0 spiro atoms. The third-order valence-electron chi connectivity index (χ3n) is 3.65. The van der Waals surface area contributed by atoms with Crippen molar-refractivity contribution in [3.05, 3.63) is 78.4 Å². The van der Waals surface area contributed by atoms with Gasteiger partial charge in [-0.05, 0) is 36.8 Å². The molecule has 0 radical (unpaired) electrons. The number of carbonyl (C=O) groups is 1. The van der Waals surface area contributed by atoms with Crippen molar-refractivity contribution in [2.45, 2.75) is 13.5 Å². The van der Waals surface area contributed by atoms with Gasteiger partial charge in [-0.2, -0.15) is 0 Å². The largest absolute Gasteiger partial charge is 0.492 e. The summed E-state index contributed by atoms with van der Waals surface area (Å²) < 4.78 is 5.54. The first-order chi connectivity index (χ1) is 12.8. The molecular weight excluding hydrogens is 328 g/mol. The zero-order valence-electron chi connectivity index (χ0n) is 14.5. The van der Waals surface area contributed by atoms with Gasteiger partial charge in [0.2, 0.25) is 0 Å². The van der Waals surface area contributed by atoms with Crippen molar-refractivity contribution in [1.82, 2.24) is 9.97 Å². The summed E-state index contributed by atoms with van der Waals surface area (Å²) >= 11 is 0. The van der Waals surface area contributed by atoms with Gasteiger partial charge in [-0.3, -0.25) is 14.8 Å². The fourth-order valence-electron chi connectivity index (χ4n) is 2.41. The van der Waals surface area contributed by atoms with Crippen LogP contribution in [0, 0.1) is 0 Å². The summed E-state index contributed by atoms with van der Waals surface area (Å²) in [5.74, 6) is 0.400. The minimum absolute atomic E-state index is 0.241. The molecule has 0 unspecified atom stereocenters. The Labute approximate surface area is 152 Å². The fourth-order valence-corrected chi connectivity index (χ4v) is 2.41. The molecule has 3 aromatic rings. The Morgan fingerprint density at radius 3 is 2.77 bits per heavy atom. The van der Waals surface area contributed by atoms with Gasteiger partial charge in [-0.1, -0.05) is 18.2 Å². The van der Waals surface area contributed by atoms with E-state index in [-0.39, 0.29) is 5.91 Å². The zero-order valence-corrected chi connectivity index (χ0v) is 14.5. The number of para-hydroxylation sites is 2. The number of hydrogen-bond donors (Lipinski definition) is 2. The molecule has 0 bridgehead atoms. The van der Waals surface area contributed by atoms with Crippen molar-refractivity contribution in [2.24, 2.45) is 0 Å². The van der Waals surface area contributed by atoms with Crippen LogP contribution in [0.15, 0.2) is 67.3 Å². The van der Waals surface area contributed by atoms with Crippen LogP contribution in [0.1, 0.15) is 22.8 Å². The van der Waals surface area contributed by atoms with Crippen molar-refractivity contribution in [3.8, 4) is 5.75 Å². The second kappa shape index (κ2) is 8.62. The third-order valence-corrected chi connectivity index (χ3v) is 3.65. The quantitative estimate of drug-likeness (QED) is 0.680. The lowest BCUT2D eigenvalue weighted by Crippen LogP contribution is -2.13. The molecule has 6 heteroatoms. The molecule has 2 heterocycles. The molecule has 6 nitrogen and oxygen atoms in total. The smallest absolute Gasteiger partial charge is 0.257 e. The van der Waals surface area contributed by atoms with Crippen LogP contribution in [0.2, 0.25) is 0 Å². The molecule has 2 aromatic heterocycles. The number of nitrogens with zero attached hydrogens (tertiary/aromatic N) is 2. The highest BCUT2D eigenvalue weighted by molar-refractivity contribution is 6.05. The molecule has 3 rings (SSSR count). The first-order valence-corrected chi connectivity index (χ1v) is 8.37. The predicted octanol–water partition coefficient (Wildman–Crippen LogP) is 3.74. The molecule has 2 N–H and O–H groups in total. The van der Waals surface area contributed by atoms with Crippen LogP contribution in [0.3, 0.4) is 0 Å². The summed E-state index contributed by atoms with van der Waals surface area (Å²) in [4.78, 5) is 20.8. The number of anilines is 2. The van der Waals surface area contributed by atoms with Gasteiger partial charge in [0.15, 0.2) is 0 Å². The van der Waals surface area contributed by atoms with E-state index in [2.05, 4.69) is 20.6 Å². The van der Waals surface area contributed by atoms with Crippen molar-refractivity contribution < 1.29 is 9.53 Å². The monoisotopic (exact) mass is 348 g/mol. The SMILES string of the molecule is CCOc1ccccc1NC(=O)c1cncc(NCc2cccnc2)c1. The summed E-state index contributed by atoms with van der Waals surface area (Å²) in [6.07, 6.45) is 6.74. The molecule has 26 heavy (non-hydrogen) atoms.